The highest BCUT2D eigenvalue weighted by atomic mass is 16.5. The molecule has 6 heteroatoms. The maximum atomic E-state index is 9.74. The van der Waals surface area contributed by atoms with Gasteiger partial charge in [-0.2, -0.15) is 10.5 Å². The van der Waals surface area contributed by atoms with Crippen molar-refractivity contribution in [3.8, 4) is 29.4 Å². The van der Waals surface area contributed by atoms with Crippen LogP contribution in [0.2, 0.25) is 0 Å². The van der Waals surface area contributed by atoms with Gasteiger partial charge in [0.25, 0.3) is 0 Å². The fourth-order valence-corrected chi connectivity index (χ4v) is 3.13. The Labute approximate surface area is 181 Å². The van der Waals surface area contributed by atoms with Crippen molar-refractivity contribution >= 4 is 17.1 Å². The van der Waals surface area contributed by atoms with E-state index in [0.29, 0.717) is 28.5 Å². The molecule has 0 radical (unpaired) electrons. The van der Waals surface area contributed by atoms with Crippen LogP contribution in [0, 0.1) is 22.7 Å². The molecule has 0 saturated heterocycles. The molecule has 0 fully saturated rings. The van der Waals surface area contributed by atoms with Crippen LogP contribution < -0.4 is 19.1 Å². The third kappa shape index (κ3) is 4.60. The molecule has 0 amide bonds. The topological polar surface area (TPSA) is 78.5 Å². The zero-order valence-corrected chi connectivity index (χ0v) is 17.5. The van der Waals surface area contributed by atoms with E-state index in [1.165, 1.54) is 0 Å². The van der Waals surface area contributed by atoms with Gasteiger partial charge >= 0.3 is 0 Å². The van der Waals surface area contributed by atoms with Crippen molar-refractivity contribution < 1.29 is 14.2 Å². The molecule has 0 aliphatic carbocycles. The van der Waals surface area contributed by atoms with Crippen LogP contribution in [-0.2, 0) is 0 Å². The smallest absolute Gasteiger partial charge is 0.154 e. The summed E-state index contributed by atoms with van der Waals surface area (Å²) in [6, 6.07) is 26.1. The van der Waals surface area contributed by atoms with Crippen molar-refractivity contribution in [3.05, 3.63) is 83.9 Å². The lowest BCUT2D eigenvalue weighted by atomic mass is 10.0. The summed E-state index contributed by atoms with van der Waals surface area (Å²) in [7, 11) is 4.79. The van der Waals surface area contributed by atoms with Crippen LogP contribution in [0.25, 0.3) is 5.70 Å². The van der Waals surface area contributed by atoms with Crippen LogP contribution in [0.3, 0.4) is 0 Å². The van der Waals surface area contributed by atoms with Crippen molar-refractivity contribution in [2.75, 3.05) is 26.2 Å². The minimum Gasteiger partial charge on any atom is -0.497 e. The second-order valence-electron chi connectivity index (χ2n) is 6.41. The second kappa shape index (κ2) is 9.87. The highest BCUT2D eigenvalue weighted by Crippen LogP contribution is 2.38. The van der Waals surface area contributed by atoms with Gasteiger partial charge in [0.2, 0.25) is 0 Å². The maximum absolute atomic E-state index is 9.74. The van der Waals surface area contributed by atoms with Crippen LogP contribution in [0.4, 0.5) is 11.4 Å². The Balaban J connectivity index is 2.26. The van der Waals surface area contributed by atoms with Gasteiger partial charge in [0.15, 0.2) is 5.57 Å². The number of methoxy groups -OCH3 is 3. The van der Waals surface area contributed by atoms with Gasteiger partial charge in [-0.15, -0.1) is 0 Å². The molecule has 0 unspecified atom stereocenters. The highest BCUT2D eigenvalue weighted by molar-refractivity contribution is 5.92. The predicted molar refractivity (Wildman–Crippen MR) is 119 cm³/mol. The van der Waals surface area contributed by atoms with E-state index < -0.39 is 0 Å². The van der Waals surface area contributed by atoms with Crippen LogP contribution in [-0.4, -0.2) is 21.3 Å². The minimum atomic E-state index is -0.0168. The normalized spacial score (nSPS) is 9.71. The molecule has 0 N–H and O–H groups in total. The van der Waals surface area contributed by atoms with Gasteiger partial charge in [0.05, 0.1) is 27.0 Å². The molecule has 0 heterocycles. The molecule has 6 nitrogen and oxygen atoms in total. The van der Waals surface area contributed by atoms with Crippen molar-refractivity contribution in [1.82, 2.24) is 0 Å². The second-order valence-corrected chi connectivity index (χ2v) is 6.41. The molecule has 3 aromatic carbocycles. The summed E-state index contributed by atoms with van der Waals surface area (Å²) in [5.74, 6) is 2.09. The first-order valence-corrected chi connectivity index (χ1v) is 9.42. The Bertz CT molecular complexity index is 1070. The number of hydrogen-bond donors (Lipinski definition) is 0. The fourth-order valence-electron chi connectivity index (χ4n) is 3.13. The SMILES string of the molecule is COc1ccc(C(=C(C#N)C#N)N(c2ccc(OC)cc2)c2ccc(OC)cc2)cc1. The first kappa shape index (κ1) is 21.3. The molecular weight excluding hydrogens is 390 g/mol. The Morgan fingerprint density at radius 1 is 0.613 bits per heavy atom. The lowest BCUT2D eigenvalue weighted by molar-refractivity contribution is 0.414. The Kier molecular flexibility index (Phi) is 6.78. The van der Waals surface area contributed by atoms with Gasteiger partial charge in [-0.3, -0.25) is 0 Å². The lowest BCUT2D eigenvalue weighted by Crippen LogP contribution is -2.17. The Hall–Kier alpha value is -4.42. The average Bonchev–Trinajstić information content (AvgIpc) is 2.84. The third-order valence-corrected chi connectivity index (χ3v) is 4.71. The van der Waals surface area contributed by atoms with E-state index >= 15 is 0 Å². The van der Waals surface area contributed by atoms with Gasteiger partial charge in [0.1, 0.15) is 29.4 Å². The standard InChI is InChI=1S/C25H21N3O3/c1-29-22-10-4-18(5-11-22)25(19(16-26)17-27)28(20-6-12-23(30-2)13-7-20)21-8-14-24(31-3)15-9-21/h4-15H,1-3H3. The molecule has 31 heavy (non-hydrogen) atoms. The molecule has 154 valence electrons. The molecule has 3 aromatic rings. The fraction of sp³-hybridized carbons (Fsp3) is 0.120. The minimum absolute atomic E-state index is 0.0168. The van der Waals surface area contributed by atoms with E-state index in [9.17, 15) is 10.5 Å². The van der Waals surface area contributed by atoms with Crippen LogP contribution in [0.15, 0.2) is 78.4 Å². The molecule has 0 aliphatic heterocycles. The van der Waals surface area contributed by atoms with E-state index in [4.69, 9.17) is 14.2 Å². The summed E-state index contributed by atoms with van der Waals surface area (Å²) >= 11 is 0. The number of allylic oxidation sites excluding steroid dienone is 1. The summed E-state index contributed by atoms with van der Waals surface area (Å²) in [6.07, 6.45) is 0. The molecule has 0 aromatic heterocycles. The molecular formula is C25H21N3O3. The Morgan fingerprint density at radius 3 is 1.29 bits per heavy atom. The van der Waals surface area contributed by atoms with Gasteiger partial charge in [-0.1, -0.05) is 0 Å². The van der Waals surface area contributed by atoms with Crippen molar-refractivity contribution in [2.45, 2.75) is 0 Å². The molecule has 3 rings (SSSR count). The molecule has 0 saturated carbocycles. The highest BCUT2D eigenvalue weighted by Gasteiger charge is 2.21. The number of anilines is 2. The quantitative estimate of drug-likeness (QED) is 0.490. The monoisotopic (exact) mass is 411 g/mol. The summed E-state index contributed by atoms with van der Waals surface area (Å²) in [5.41, 5.74) is 2.67. The zero-order chi connectivity index (χ0) is 22.2. The van der Waals surface area contributed by atoms with E-state index in [0.717, 1.165) is 11.4 Å². The van der Waals surface area contributed by atoms with Gasteiger partial charge in [-0.25, -0.2) is 0 Å². The zero-order valence-electron chi connectivity index (χ0n) is 17.5. The van der Waals surface area contributed by atoms with Crippen LogP contribution >= 0.6 is 0 Å². The molecule has 0 spiro atoms. The summed E-state index contributed by atoms with van der Waals surface area (Å²) < 4.78 is 15.8. The summed E-state index contributed by atoms with van der Waals surface area (Å²) in [6.45, 7) is 0. The summed E-state index contributed by atoms with van der Waals surface area (Å²) in [4.78, 5) is 1.86. The predicted octanol–water partition coefficient (Wildman–Crippen LogP) is 5.31. The average molecular weight is 411 g/mol. The number of benzene rings is 3. The van der Waals surface area contributed by atoms with Crippen LogP contribution in [0.1, 0.15) is 5.56 Å². The molecule has 0 atom stereocenters. The first-order chi connectivity index (χ1) is 15.1. The summed E-state index contributed by atoms with van der Waals surface area (Å²) in [5, 5.41) is 19.5. The Morgan fingerprint density at radius 2 is 0.968 bits per heavy atom. The van der Waals surface area contributed by atoms with Crippen LogP contribution in [0.5, 0.6) is 17.2 Å². The van der Waals surface area contributed by atoms with Crippen molar-refractivity contribution in [1.29, 1.82) is 10.5 Å². The van der Waals surface area contributed by atoms with E-state index in [2.05, 4.69) is 0 Å². The molecule has 0 aliphatic rings. The first-order valence-electron chi connectivity index (χ1n) is 9.42. The number of hydrogen-bond acceptors (Lipinski definition) is 6. The van der Waals surface area contributed by atoms with Crippen molar-refractivity contribution in [2.24, 2.45) is 0 Å². The number of nitriles is 2. The maximum Gasteiger partial charge on any atom is 0.154 e. The van der Waals surface area contributed by atoms with E-state index in [1.807, 2.05) is 77.7 Å². The van der Waals surface area contributed by atoms with E-state index in [1.54, 1.807) is 33.5 Å². The third-order valence-electron chi connectivity index (χ3n) is 4.71. The largest absolute Gasteiger partial charge is 0.497 e. The van der Waals surface area contributed by atoms with E-state index in [-0.39, 0.29) is 5.57 Å². The number of rotatable bonds is 7. The van der Waals surface area contributed by atoms with Gasteiger partial charge in [0, 0.05) is 16.9 Å². The van der Waals surface area contributed by atoms with Crippen molar-refractivity contribution in [3.63, 3.8) is 0 Å². The van der Waals surface area contributed by atoms with Gasteiger partial charge < -0.3 is 19.1 Å². The molecule has 0 bridgehead atoms. The number of ether oxygens (including phenoxy) is 3. The lowest BCUT2D eigenvalue weighted by Gasteiger charge is -2.28. The number of nitrogens with zero attached hydrogens (tertiary/aromatic N) is 3. The van der Waals surface area contributed by atoms with Gasteiger partial charge in [-0.05, 0) is 72.8 Å².